The standard InChI is InChI=1S/C7H3F3N2/c8-6(9)4-1-2-12-7(10)5(4)3-11/h1-2,6H. The average Bonchev–Trinajstić information content (AvgIpc) is 2.03. The highest BCUT2D eigenvalue weighted by molar-refractivity contribution is 5.36. The van der Waals surface area contributed by atoms with E-state index in [4.69, 9.17) is 5.26 Å². The van der Waals surface area contributed by atoms with E-state index in [0.717, 1.165) is 12.3 Å². The van der Waals surface area contributed by atoms with Gasteiger partial charge in [-0.3, -0.25) is 0 Å². The van der Waals surface area contributed by atoms with Gasteiger partial charge in [-0.15, -0.1) is 0 Å². The summed E-state index contributed by atoms with van der Waals surface area (Å²) >= 11 is 0. The summed E-state index contributed by atoms with van der Waals surface area (Å²) in [4.78, 5) is 3.07. The predicted octanol–water partition coefficient (Wildman–Crippen LogP) is 2.03. The number of aromatic nitrogens is 1. The molecule has 62 valence electrons. The molecule has 0 aliphatic rings. The largest absolute Gasteiger partial charge is 0.265 e. The lowest BCUT2D eigenvalue weighted by atomic mass is 10.1. The van der Waals surface area contributed by atoms with Crippen LogP contribution in [0.5, 0.6) is 0 Å². The van der Waals surface area contributed by atoms with Gasteiger partial charge in [-0.2, -0.15) is 9.65 Å². The van der Waals surface area contributed by atoms with Crippen molar-refractivity contribution in [2.45, 2.75) is 6.43 Å². The Morgan fingerprint density at radius 3 is 2.58 bits per heavy atom. The molecule has 1 aromatic heterocycles. The Hall–Kier alpha value is -1.57. The van der Waals surface area contributed by atoms with Crippen molar-refractivity contribution in [2.24, 2.45) is 0 Å². The molecular weight excluding hydrogens is 169 g/mol. The fourth-order valence-electron chi connectivity index (χ4n) is 0.743. The third kappa shape index (κ3) is 1.37. The van der Waals surface area contributed by atoms with Crippen LogP contribution < -0.4 is 0 Å². The molecule has 0 bridgehead atoms. The molecule has 0 atom stereocenters. The van der Waals surface area contributed by atoms with Crippen molar-refractivity contribution in [2.75, 3.05) is 0 Å². The van der Waals surface area contributed by atoms with E-state index in [1.807, 2.05) is 0 Å². The van der Waals surface area contributed by atoms with E-state index in [9.17, 15) is 13.2 Å². The number of rotatable bonds is 1. The lowest BCUT2D eigenvalue weighted by Crippen LogP contribution is -1.96. The zero-order valence-electron chi connectivity index (χ0n) is 5.76. The van der Waals surface area contributed by atoms with E-state index in [1.165, 1.54) is 6.07 Å². The molecule has 1 heterocycles. The molecule has 0 aliphatic heterocycles. The smallest absolute Gasteiger partial charge is 0.227 e. The van der Waals surface area contributed by atoms with Crippen molar-refractivity contribution in [1.29, 1.82) is 5.26 Å². The molecule has 12 heavy (non-hydrogen) atoms. The SMILES string of the molecule is N#Cc1c(C(F)F)ccnc1F. The summed E-state index contributed by atoms with van der Waals surface area (Å²) in [6.45, 7) is 0. The Balaban J connectivity index is 3.30. The average molecular weight is 172 g/mol. The van der Waals surface area contributed by atoms with Crippen LogP contribution in [0, 0.1) is 17.3 Å². The van der Waals surface area contributed by atoms with Crippen LogP contribution in [0.25, 0.3) is 0 Å². The molecule has 0 amide bonds. The van der Waals surface area contributed by atoms with Gasteiger partial charge in [0.15, 0.2) is 0 Å². The summed E-state index contributed by atoms with van der Waals surface area (Å²) in [6, 6.07) is 2.25. The Morgan fingerprint density at radius 1 is 1.50 bits per heavy atom. The van der Waals surface area contributed by atoms with Gasteiger partial charge >= 0.3 is 0 Å². The first-order valence-electron chi connectivity index (χ1n) is 2.99. The van der Waals surface area contributed by atoms with Crippen molar-refractivity contribution in [3.63, 3.8) is 0 Å². The van der Waals surface area contributed by atoms with E-state index in [1.54, 1.807) is 0 Å². The summed E-state index contributed by atoms with van der Waals surface area (Å²) < 4.78 is 36.6. The number of pyridine rings is 1. The Labute approximate surface area is 66.3 Å². The molecular formula is C7H3F3N2. The minimum atomic E-state index is -2.85. The van der Waals surface area contributed by atoms with Crippen LogP contribution in [0.15, 0.2) is 12.3 Å². The Morgan fingerprint density at radius 2 is 2.17 bits per heavy atom. The van der Waals surface area contributed by atoms with Gasteiger partial charge in [0.1, 0.15) is 11.6 Å². The second-order valence-electron chi connectivity index (χ2n) is 1.98. The molecule has 0 saturated heterocycles. The molecule has 0 fully saturated rings. The van der Waals surface area contributed by atoms with E-state index >= 15 is 0 Å². The van der Waals surface area contributed by atoms with Crippen LogP contribution >= 0.6 is 0 Å². The van der Waals surface area contributed by atoms with E-state index in [-0.39, 0.29) is 0 Å². The fourth-order valence-corrected chi connectivity index (χ4v) is 0.743. The van der Waals surface area contributed by atoms with E-state index in [2.05, 4.69) is 4.98 Å². The molecule has 0 radical (unpaired) electrons. The van der Waals surface area contributed by atoms with Gasteiger partial charge in [0.2, 0.25) is 5.95 Å². The third-order valence-electron chi connectivity index (χ3n) is 1.28. The van der Waals surface area contributed by atoms with Gasteiger partial charge in [-0.05, 0) is 6.07 Å². The van der Waals surface area contributed by atoms with Crippen LogP contribution in [-0.2, 0) is 0 Å². The second-order valence-corrected chi connectivity index (χ2v) is 1.98. The molecule has 5 heteroatoms. The maximum atomic E-state index is 12.5. The van der Waals surface area contributed by atoms with Crippen LogP contribution in [0.2, 0.25) is 0 Å². The van der Waals surface area contributed by atoms with Gasteiger partial charge in [0, 0.05) is 11.8 Å². The first kappa shape index (κ1) is 8.53. The van der Waals surface area contributed by atoms with Gasteiger partial charge in [-0.25, -0.2) is 13.8 Å². The molecule has 1 rings (SSSR count). The quantitative estimate of drug-likeness (QED) is 0.607. The molecule has 2 nitrogen and oxygen atoms in total. The third-order valence-corrected chi connectivity index (χ3v) is 1.28. The van der Waals surface area contributed by atoms with Crippen molar-refractivity contribution < 1.29 is 13.2 Å². The predicted molar refractivity (Wildman–Crippen MR) is 33.9 cm³/mol. The Kier molecular flexibility index (Phi) is 2.29. The monoisotopic (exact) mass is 172 g/mol. The van der Waals surface area contributed by atoms with Crippen LogP contribution in [0.1, 0.15) is 17.6 Å². The van der Waals surface area contributed by atoms with Crippen molar-refractivity contribution in [1.82, 2.24) is 4.98 Å². The lowest BCUT2D eigenvalue weighted by Gasteiger charge is -2.00. The maximum absolute atomic E-state index is 12.5. The van der Waals surface area contributed by atoms with Crippen LogP contribution in [0.4, 0.5) is 13.2 Å². The second kappa shape index (κ2) is 3.22. The molecule has 0 saturated carbocycles. The zero-order valence-corrected chi connectivity index (χ0v) is 5.76. The lowest BCUT2D eigenvalue weighted by molar-refractivity contribution is 0.150. The highest BCUT2D eigenvalue weighted by Gasteiger charge is 2.16. The fraction of sp³-hybridized carbons (Fsp3) is 0.143. The van der Waals surface area contributed by atoms with Crippen molar-refractivity contribution in [3.05, 3.63) is 29.3 Å². The van der Waals surface area contributed by atoms with Crippen LogP contribution in [0.3, 0.4) is 0 Å². The van der Waals surface area contributed by atoms with E-state index < -0.39 is 23.5 Å². The first-order chi connectivity index (χ1) is 5.66. The van der Waals surface area contributed by atoms with Gasteiger partial charge in [0.25, 0.3) is 6.43 Å². The number of hydrogen-bond acceptors (Lipinski definition) is 2. The number of hydrogen-bond donors (Lipinski definition) is 0. The van der Waals surface area contributed by atoms with Crippen LogP contribution in [-0.4, -0.2) is 4.98 Å². The summed E-state index contributed by atoms with van der Waals surface area (Å²) in [7, 11) is 0. The summed E-state index contributed by atoms with van der Waals surface area (Å²) in [5.41, 5.74) is -1.31. The summed E-state index contributed by atoms with van der Waals surface area (Å²) in [6.07, 6.45) is -1.95. The summed E-state index contributed by atoms with van der Waals surface area (Å²) in [5, 5.41) is 8.28. The molecule has 1 aromatic rings. The number of nitriles is 1. The van der Waals surface area contributed by atoms with Gasteiger partial charge < -0.3 is 0 Å². The molecule has 0 aromatic carbocycles. The number of nitrogens with zero attached hydrogens (tertiary/aromatic N) is 2. The molecule has 0 aliphatic carbocycles. The van der Waals surface area contributed by atoms with Gasteiger partial charge in [-0.1, -0.05) is 0 Å². The van der Waals surface area contributed by atoms with Crippen molar-refractivity contribution in [3.8, 4) is 6.07 Å². The highest BCUT2D eigenvalue weighted by Crippen LogP contribution is 2.22. The molecule has 0 spiro atoms. The zero-order chi connectivity index (χ0) is 9.14. The molecule has 0 N–H and O–H groups in total. The minimum Gasteiger partial charge on any atom is -0.227 e. The number of halogens is 3. The van der Waals surface area contributed by atoms with Crippen molar-refractivity contribution >= 4 is 0 Å². The minimum absolute atomic E-state index is 0.620. The van der Waals surface area contributed by atoms with Gasteiger partial charge in [0.05, 0.1) is 0 Å². The molecule has 0 unspecified atom stereocenters. The van der Waals surface area contributed by atoms with E-state index in [0.29, 0.717) is 0 Å². The normalized spacial score (nSPS) is 9.92. The first-order valence-corrected chi connectivity index (χ1v) is 2.99. The maximum Gasteiger partial charge on any atom is 0.265 e. The summed E-state index contributed by atoms with van der Waals surface area (Å²) in [5.74, 6) is -1.16. The number of alkyl halides is 2. The topological polar surface area (TPSA) is 36.7 Å². The Bertz CT molecular complexity index is 330. The highest BCUT2D eigenvalue weighted by atomic mass is 19.3.